The fraction of sp³-hybridized carbons (Fsp3) is 0.250. The van der Waals surface area contributed by atoms with Gasteiger partial charge in [-0.3, -0.25) is 4.79 Å². The Morgan fingerprint density at radius 3 is 2.83 bits per heavy atom. The standard InChI is InChI=1S/C16H14Cl2N2O3S/c1-9-11(17)7-19-16(15(9)18)20-14(21)8-24-10-2-3-12-13(6-10)23-5-4-22-12/h2-3,6-7H,4-5,8H2,1H3,(H,19,20,21). The van der Waals surface area contributed by atoms with Crippen LogP contribution in [0.2, 0.25) is 10.0 Å². The molecule has 0 atom stereocenters. The quantitative estimate of drug-likeness (QED) is 0.800. The number of halogens is 2. The highest BCUT2D eigenvalue weighted by molar-refractivity contribution is 8.00. The lowest BCUT2D eigenvalue weighted by Gasteiger charge is -2.18. The summed E-state index contributed by atoms with van der Waals surface area (Å²) >= 11 is 13.5. The molecule has 1 N–H and O–H groups in total. The van der Waals surface area contributed by atoms with Crippen LogP contribution < -0.4 is 14.8 Å². The summed E-state index contributed by atoms with van der Waals surface area (Å²) in [5.41, 5.74) is 0.683. The Morgan fingerprint density at radius 1 is 1.29 bits per heavy atom. The van der Waals surface area contributed by atoms with Crippen LogP contribution in [0.3, 0.4) is 0 Å². The average Bonchev–Trinajstić information content (AvgIpc) is 2.60. The number of anilines is 1. The number of ether oxygens (including phenoxy) is 2. The van der Waals surface area contributed by atoms with E-state index in [4.69, 9.17) is 32.7 Å². The van der Waals surface area contributed by atoms with Crippen molar-refractivity contribution in [3.05, 3.63) is 40.0 Å². The third kappa shape index (κ3) is 3.88. The normalized spacial score (nSPS) is 12.8. The first-order valence-electron chi connectivity index (χ1n) is 7.17. The van der Waals surface area contributed by atoms with Crippen molar-refractivity contribution in [3.63, 3.8) is 0 Å². The van der Waals surface area contributed by atoms with Gasteiger partial charge in [0.25, 0.3) is 0 Å². The SMILES string of the molecule is Cc1c(Cl)cnc(NC(=O)CSc2ccc3c(c2)OCCO3)c1Cl. The second-order valence-electron chi connectivity index (χ2n) is 5.04. The first-order chi connectivity index (χ1) is 11.5. The van der Waals surface area contributed by atoms with E-state index in [1.165, 1.54) is 18.0 Å². The molecule has 0 aliphatic carbocycles. The van der Waals surface area contributed by atoms with Gasteiger partial charge in [0.05, 0.1) is 15.8 Å². The van der Waals surface area contributed by atoms with Gasteiger partial charge in [0.15, 0.2) is 17.3 Å². The zero-order valence-electron chi connectivity index (χ0n) is 12.8. The molecule has 0 bridgehead atoms. The van der Waals surface area contributed by atoms with Gasteiger partial charge >= 0.3 is 0 Å². The van der Waals surface area contributed by atoms with Gasteiger partial charge in [-0.15, -0.1) is 11.8 Å². The number of amides is 1. The molecule has 1 aliphatic heterocycles. The van der Waals surface area contributed by atoms with E-state index >= 15 is 0 Å². The lowest BCUT2D eigenvalue weighted by Crippen LogP contribution is -2.16. The number of hydrogen-bond acceptors (Lipinski definition) is 5. The molecule has 1 aromatic heterocycles. The fourth-order valence-corrected chi connectivity index (χ4v) is 3.19. The van der Waals surface area contributed by atoms with Crippen molar-refractivity contribution in [1.82, 2.24) is 4.98 Å². The van der Waals surface area contributed by atoms with E-state index in [-0.39, 0.29) is 11.7 Å². The van der Waals surface area contributed by atoms with Crippen LogP contribution in [0.1, 0.15) is 5.56 Å². The predicted octanol–water partition coefficient (Wildman–Crippen LogP) is 4.20. The molecular formula is C16H14Cl2N2O3S. The van der Waals surface area contributed by atoms with Gasteiger partial charge in [-0.1, -0.05) is 23.2 Å². The van der Waals surface area contributed by atoms with E-state index in [0.717, 1.165) is 10.6 Å². The number of nitrogens with zero attached hydrogens (tertiary/aromatic N) is 1. The number of carbonyl (C=O) groups excluding carboxylic acids is 1. The van der Waals surface area contributed by atoms with Crippen molar-refractivity contribution in [2.24, 2.45) is 0 Å². The minimum Gasteiger partial charge on any atom is -0.486 e. The van der Waals surface area contributed by atoms with E-state index in [1.54, 1.807) is 6.92 Å². The molecule has 1 aromatic carbocycles. The molecule has 3 rings (SSSR count). The van der Waals surface area contributed by atoms with Crippen molar-refractivity contribution >= 4 is 46.7 Å². The molecule has 0 saturated heterocycles. The lowest BCUT2D eigenvalue weighted by atomic mass is 10.3. The number of pyridine rings is 1. The first-order valence-corrected chi connectivity index (χ1v) is 8.91. The van der Waals surface area contributed by atoms with Crippen molar-refractivity contribution in [1.29, 1.82) is 0 Å². The zero-order chi connectivity index (χ0) is 17.1. The van der Waals surface area contributed by atoms with E-state index in [2.05, 4.69) is 10.3 Å². The number of aromatic nitrogens is 1. The molecule has 5 nitrogen and oxygen atoms in total. The Kier molecular flexibility index (Phi) is 5.38. The molecule has 0 fully saturated rings. The molecular weight excluding hydrogens is 371 g/mol. The van der Waals surface area contributed by atoms with Crippen LogP contribution in [-0.2, 0) is 4.79 Å². The Morgan fingerprint density at radius 2 is 2.04 bits per heavy atom. The summed E-state index contributed by atoms with van der Waals surface area (Å²) in [5.74, 6) is 1.75. The van der Waals surface area contributed by atoms with Crippen molar-refractivity contribution in [2.45, 2.75) is 11.8 Å². The maximum absolute atomic E-state index is 12.1. The van der Waals surface area contributed by atoms with Gasteiger partial charge in [-0.2, -0.15) is 0 Å². The number of rotatable bonds is 4. The minimum absolute atomic E-state index is 0.203. The van der Waals surface area contributed by atoms with E-state index < -0.39 is 0 Å². The van der Waals surface area contributed by atoms with Gasteiger partial charge in [0.1, 0.15) is 13.2 Å². The summed E-state index contributed by atoms with van der Waals surface area (Å²) in [6, 6.07) is 5.60. The number of fused-ring (bicyclic) bond motifs is 1. The average molecular weight is 385 g/mol. The van der Waals surface area contributed by atoms with Gasteiger partial charge in [-0.25, -0.2) is 4.98 Å². The summed E-state index contributed by atoms with van der Waals surface area (Å²) < 4.78 is 11.0. The van der Waals surface area contributed by atoms with Crippen LogP contribution in [0.25, 0.3) is 0 Å². The molecule has 1 amide bonds. The number of hydrogen-bond donors (Lipinski definition) is 1. The molecule has 2 heterocycles. The molecule has 0 saturated carbocycles. The van der Waals surface area contributed by atoms with E-state index in [9.17, 15) is 4.79 Å². The highest BCUT2D eigenvalue weighted by Crippen LogP contribution is 2.34. The summed E-state index contributed by atoms with van der Waals surface area (Å²) in [5, 5.41) is 3.50. The van der Waals surface area contributed by atoms with Crippen LogP contribution in [0.5, 0.6) is 11.5 Å². The number of benzene rings is 1. The van der Waals surface area contributed by atoms with E-state index in [0.29, 0.717) is 40.4 Å². The fourth-order valence-electron chi connectivity index (χ4n) is 2.07. The van der Waals surface area contributed by atoms with Gasteiger partial charge in [0, 0.05) is 11.1 Å². The molecule has 0 unspecified atom stereocenters. The van der Waals surface area contributed by atoms with E-state index in [1.807, 2.05) is 18.2 Å². The molecule has 126 valence electrons. The third-order valence-corrected chi connectivity index (χ3v) is 5.18. The Hall–Kier alpha value is -1.63. The zero-order valence-corrected chi connectivity index (χ0v) is 15.1. The van der Waals surface area contributed by atoms with Crippen LogP contribution >= 0.6 is 35.0 Å². The van der Waals surface area contributed by atoms with Crippen LogP contribution in [-0.4, -0.2) is 29.9 Å². The number of nitrogens with one attached hydrogen (secondary N) is 1. The molecule has 8 heteroatoms. The summed E-state index contributed by atoms with van der Waals surface area (Å²) in [6.45, 7) is 2.85. The number of carbonyl (C=O) groups is 1. The predicted molar refractivity (Wildman–Crippen MR) is 95.8 cm³/mol. The maximum Gasteiger partial charge on any atom is 0.235 e. The lowest BCUT2D eigenvalue weighted by molar-refractivity contribution is -0.113. The van der Waals surface area contributed by atoms with Crippen molar-refractivity contribution < 1.29 is 14.3 Å². The maximum atomic E-state index is 12.1. The van der Waals surface area contributed by atoms with Crippen molar-refractivity contribution in [3.8, 4) is 11.5 Å². The molecule has 24 heavy (non-hydrogen) atoms. The van der Waals surface area contributed by atoms with Gasteiger partial charge < -0.3 is 14.8 Å². The monoisotopic (exact) mass is 384 g/mol. The third-order valence-electron chi connectivity index (χ3n) is 3.34. The highest BCUT2D eigenvalue weighted by Gasteiger charge is 2.14. The summed E-state index contributed by atoms with van der Waals surface area (Å²) in [6.07, 6.45) is 1.46. The van der Waals surface area contributed by atoms with Crippen LogP contribution in [0, 0.1) is 6.92 Å². The summed E-state index contributed by atoms with van der Waals surface area (Å²) in [7, 11) is 0. The second kappa shape index (κ2) is 7.51. The van der Waals surface area contributed by atoms with Crippen LogP contribution in [0.15, 0.2) is 29.3 Å². The minimum atomic E-state index is -0.203. The molecule has 0 spiro atoms. The molecule has 1 aliphatic rings. The second-order valence-corrected chi connectivity index (χ2v) is 6.87. The number of thioether (sulfide) groups is 1. The molecule has 0 radical (unpaired) electrons. The van der Waals surface area contributed by atoms with Crippen LogP contribution in [0.4, 0.5) is 5.82 Å². The Balaban J connectivity index is 1.61. The van der Waals surface area contributed by atoms with Gasteiger partial charge in [-0.05, 0) is 30.7 Å². The van der Waals surface area contributed by atoms with Crippen molar-refractivity contribution in [2.75, 3.05) is 24.3 Å². The highest BCUT2D eigenvalue weighted by atomic mass is 35.5. The topological polar surface area (TPSA) is 60.5 Å². The largest absolute Gasteiger partial charge is 0.486 e. The Labute approximate surface area is 153 Å². The smallest absolute Gasteiger partial charge is 0.235 e. The van der Waals surface area contributed by atoms with Gasteiger partial charge in [0.2, 0.25) is 5.91 Å². The summed E-state index contributed by atoms with van der Waals surface area (Å²) in [4.78, 5) is 17.1. The Bertz CT molecular complexity index is 786. The first kappa shape index (κ1) is 17.2. The molecule has 2 aromatic rings.